The smallest absolute Gasteiger partial charge is 0.244 e. The van der Waals surface area contributed by atoms with E-state index in [9.17, 15) is 4.79 Å². The van der Waals surface area contributed by atoms with Crippen molar-refractivity contribution in [1.29, 1.82) is 0 Å². The summed E-state index contributed by atoms with van der Waals surface area (Å²) >= 11 is 0. The molecule has 0 aromatic carbocycles. The molecule has 0 radical (unpaired) electrons. The van der Waals surface area contributed by atoms with Crippen molar-refractivity contribution in [2.75, 3.05) is 13.1 Å². The van der Waals surface area contributed by atoms with Crippen LogP contribution in [0, 0.1) is 5.92 Å². The molecule has 0 aliphatic carbocycles. The van der Waals surface area contributed by atoms with Crippen LogP contribution in [0.4, 0.5) is 0 Å². The molecular weight excluding hydrogens is 194 g/mol. The number of hydrogen-bond donors (Lipinski definition) is 1. The van der Waals surface area contributed by atoms with Crippen LogP contribution in [0.3, 0.4) is 0 Å². The minimum absolute atomic E-state index is 0.0558. The van der Waals surface area contributed by atoms with E-state index in [0.29, 0.717) is 12.5 Å². The molecule has 2 unspecified atom stereocenters. The maximum absolute atomic E-state index is 11.8. The van der Waals surface area contributed by atoms with Crippen molar-refractivity contribution in [3.8, 4) is 0 Å². The molecule has 0 saturated carbocycles. The Bertz CT molecular complexity index is 326. The zero-order chi connectivity index (χ0) is 10.8. The lowest BCUT2D eigenvalue weighted by molar-refractivity contribution is -0.131. The van der Waals surface area contributed by atoms with Gasteiger partial charge in [0, 0.05) is 25.3 Å². The molecule has 1 aliphatic heterocycles. The maximum atomic E-state index is 11.8. The van der Waals surface area contributed by atoms with E-state index in [1.807, 2.05) is 0 Å². The Labute approximate surface area is 88.0 Å². The molecule has 1 fully saturated rings. The van der Waals surface area contributed by atoms with Gasteiger partial charge in [0.1, 0.15) is 6.54 Å². The van der Waals surface area contributed by atoms with Gasteiger partial charge in [-0.15, -0.1) is 5.10 Å². The van der Waals surface area contributed by atoms with E-state index in [1.54, 1.807) is 17.3 Å². The summed E-state index contributed by atoms with van der Waals surface area (Å²) in [7, 11) is 0. The Kier molecular flexibility index (Phi) is 2.68. The zero-order valence-electron chi connectivity index (χ0n) is 8.71. The van der Waals surface area contributed by atoms with Crippen LogP contribution >= 0.6 is 0 Å². The van der Waals surface area contributed by atoms with E-state index < -0.39 is 0 Å². The number of amides is 1. The molecule has 82 valence electrons. The second kappa shape index (κ2) is 3.98. The number of carbonyl (C=O) groups excluding carboxylic acids is 1. The van der Waals surface area contributed by atoms with Crippen LogP contribution in [0.1, 0.15) is 6.92 Å². The van der Waals surface area contributed by atoms with Gasteiger partial charge in [0.15, 0.2) is 0 Å². The molecule has 1 aromatic rings. The highest BCUT2D eigenvalue weighted by Crippen LogP contribution is 2.14. The normalized spacial score (nSPS) is 25.9. The summed E-state index contributed by atoms with van der Waals surface area (Å²) in [6.07, 6.45) is 3.24. The summed E-state index contributed by atoms with van der Waals surface area (Å²) in [6, 6.07) is 0.102. The Morgan fingerprint density at radius 3 is 2.93 bits per heavy atom. The van der Waals surface area contributed by atoms with Crippen molar-refractivity contribution < 1.29 is 4.79 Å². The van der Waals surface area contributed by atoms with Gasteiger partial charge in [0.25, 0.3) is 0 Å². The van der Waals surface area contributed by atoms with Gasteiger partial charge in [-0.3, -0.25) is 4.79 Å². The molecular formula is C9H15N5O. The van der Waals surface area contributed by atoms with Gasteiger partial charge >= 0.3 is 0 Å². The number of hydrogen-bond acceptors (Lipinski definition) is 4. The SMILES string of the molecule is CC1CN(C(=O)Cn2ccnn2)CC1N. The standard InChI is InChI=1S/C9H15N5O/c1-7-4-13(5-8(7)10)9(15)6-14-3-2-11-12-14/h2-3,7-8H,4-6,10H2,1H3. The predicted octanol–water partition coefficient (Wildman–Crippen LogP) is -0.916. The first-order valence-electron chi connectivity index (χ1n) is 5.04. The Morgan fingerprint density at radius 2 is 2.40 bits per heavy atom. The number of nitrogens with zero attached hydrogens (tertiary/aromatic N) is 4. The summed E-state index contributed by atoms with van der Waals surface area (Å²) in [5.74, 6) is 0.435. The van der Waals surface area contributed by atoms with Crippen LogP contribution in [-0.4, -0.2) is 44.9 Å². The third kappa shape index (κ3) is 2.15. The lowest BCUT2D eigenvalue weighted by Gasteiger charge is -2.15. The first-order valence-corrected chi connectivity index (χ1v) is 5.04. The van der Waals surface area contributed by atoms with Crippen LogP contribution < -0.4 is 5.73 Å². The fourth-order valence-electron chi connectivity index (χ4n) is 1.75. The molecule has 2 heterocycles. The maximum Gasteiger partial charge on any atom is 0.244 e. The Morgan fingerprint density at radius 1 is 1.60 bits per heavy atom. The summed E-state index contributed by atoms with van der Waals surface area (Å²) in [4.78, 5) is 13.6. The number of carbonyl (C=O) groups is 1. The van der Waals surface area contributed by atoms with Crippen LogP contribution in [-0.2, 0) is 11.3 Å². The number of rotatable bonds is 2. The zero-order valence-corrected chi connectivity index (χ0v) is 8.71. The van der Waals surface area contributed by atoms with Crippen LogP contribution in [0.15, 0.2) is 12.4 Å². The molecule has 1 aliphatic rings. The summed E-state index contributed by atoms with van der Waals surface area (Å²) in [5.41, 5.74) is 5.85. The van der Waals surface area contributed by atoms with E-state index in [1.165, 1.54) is 4.68 Å². The fraction of sp³-hybridized carbons (Fsp3) is 0.667. The molecule has 1 amide bonds. The quantitative estimate of drug-likeness (QED) is 0.683. The number of likely N-dealkylation sites (tertiary alicyclic amines) is 1. The third-order valence-corrected chi connectivity index (χ3v) is 2.79. The molecule has 15 heavy (non-hydrogen) atoms. The van der Waals surface area contributed by atoms with Crippen LogP contribution in [0.5, 0.6) is 0 Å². The Hall–Kier alpha value is -1.43. The lowest BCUT2D eigenvalue weighted by atomic mass is 10.1. The molecule has 1 saturated heterocycles. The second-order valence-corrected chi connectivity index (χ2v) is 4.04. The highest BCUT2D eigenvalue weighted by Gasteiger charge is 2.29. The van der Waals surface area contributed by atoms with Gasteiger partial charge in [-0.2, -0.15) is 0 Å². The lowest BCUT2D eigenvalue weighted by Crippen LogP contribution is -2.34. The van der Waals surface area contributed by atoms with Gasteiger partial charge < -0.3 is 10.6 Å². The molecule has 2 atom stereocenters. The van der Waals surface area contributed by atoms with E-state index in [0.717, 1.165) is 6.54 Å². The monoisotopic (exact) mass is 209 g/mol. The highest BCUT2D eigenvalue weighted by atomic mass is 16.2. The van der Waals surface area contributed by atoms with Crippen molar-refractivity contribution >= 4 is 5.91 Å². The first-order chi connectivity index (χ1) is 7.16. The first kappa shape index (κ1) is 10.1. The molecule has 0 bridgehead atoms. The third-order valence-electron chi connectivity index (χ3n) is 2.79. The molecule has 6 heteroatoms. The van der Waals surface area contributed by atoms with Crippen molar-refractivity contribution in [3.05, 3.63) is 12.4 Å². The van der Waals surface area contributed by atoms with Gasteiger partial charge in [0.05, 0.1) is 6.20 Å². The van der Waals surface area contributed by atoms with E-state index >= 15 is 0 Å². The predicted molar refractivity (Wildman–Crippen MR) is 53.7 cm³/mol. The van der Waals surface area contributed by atoms with Gasteiger partial charge in [-0.1, -0.05) is 12.1 Å². The largest absolute Gasteiger partial charge is 0.339 e. The molecule has 6 nitrogen and oxygen atoms in total. The topological polar surface area (TPSA) is 77.0 Å². The average Bonchev–Trinajstić information content (AvgIpc) is 2.78. The Balaban J connectivity index is 1.92. The van der Waals surface area contributed by atoms with Gasteiger partial charge in [-0.05, 0) is 5.92 Å². The number of nitrogens with two attached hydrogens (primary N) is 1. The molecule has 0 spiro atoms. The second-order valence-electron chi connectivity index (χ2n) is 4.04. The van der Waals surface area contributed by atoms with Crippen molar-refractivity contribution in [2.45, 2.75) is 19.5 Å². The average molecular weight is 209 g/mol. The molecule has 2 rings (SSSR count). The van der Waals surface area contributed by atoms with E-state index in [-0.39, 0.29) is 18.5 Å². The van der Waals surface area contributed by atoms with Crippen molar-refractivity contribution in [1.82, 2.24) is 19.9 Å². The minimum atomic E-state index is 0.0558. The van der Waals surface area contributed by atoms with Crippen molar-refractivity contribution in [2.24, 2.45) is 11.7 Å². The number of aromatic nitrogens is 3. The molecule has 1 aromatic heterocycles. The van der Waals surface area contributed by atoms with Crippen molar-refractivity contribution in [3.63, 3.8) is 0 Å². The molecule has 2 N–H and O–H groups in total. The van der Waals surface area contributed by atoms with Crippen LogP contribution in [0.2, 0.25) is 0 Å². The minimum Gasteiger partial charge on any atom is -0.339 e. The summed E-state index contributed by atoms with van der Waals surface area (Å²) < 4.78 is 1.52. The fourth-order valence-corrected chi connectivity index (χ4v) is 1.75. The van der Waals surface area contributed by atoms with E-state index in [2.05, 4.69) is 17.2 Å². The van der Waals surface area contributed by atoms with Crippen LogP contribution in [0.25, 0.3) is 0 Å². The highest BCUT2D eigenvalue weighted by molar-refractivity contribution is 5.76. The van der Waals surface area contributed by atoms with E-state index in [4.69, 9.17) is 5.73 Å². The summed E-state index contributed by atoms with van der Waals surface area (Å²) in [6.45, 7) is 3.70. The van der Waals surface area contributed by atoms with Gasteiger partial charge in [-0.25, -0.2) is 4.68 Å². The van der Waals surface area contributed by atoms with Gasteiger partial charge in [0.2, 0.25) is 5.91 Å². The summed E-state index contributed by atoms with van der Waals surface area (Å²) in [5, 5.41) is 7.40.